The Morgan fingerprint density at radius 1 is 1.35 bits per heavy atom. The second-order valence-corrected chi connectivity index (χ2v) is 6.92. The molecular weight excluding hydrogens is 310 g/mol. The molecular formula is C17H17N3O2S. The van der Waals surface area contributed by atoms with Gasteiger partial charge in [-0.25, -0.2) is 4.98 Å². The lowest BCUT2D eigenvalue weighted by Crippen LogP contribution is -2.25. The molecule has 2 aliphatic rings. The summed E-state index contributed by atoms with van der Waals surface area (Å²) in [5.41, 5.74) is 3.98. The van der Waals surface area contributed by atoms with Crippen LogP contribution >= 0.6 is 11.3 Å². The number of nitrogens with zero attached hydrogens (tertiary/aromatic N) is 2. The van der Waals surface area contributed by atoms with Crippen LogP contribution in [0.1, 0.15) is 25.3 Å². The number of aromatic nitrogens is 1. The van der Waals surface area contributed by atoms with Crippen LogP contribution in [0.15, 0.2) is 23.6 Å². The van der Waals surface area contributed by atoms with Crippen LogP contribution in [0.25, 0.3) is 11.3 Å². The molecule has 1 saturated carbocycles. The first-order valence-corrected chi connectivity index (χ1v) is 8.67. The van der Waals surface area contributed by atoms with Crippen molar-refractivity contribution in [3.05, 3.63) is 29.1 Å². The van der Waals surface area contributed by atoms with Crippen molar-refractivity contribution in [3.63, 3.8) is 0 Å². The van der Waals surface area contributed by atoms with Crippen LogP contribution < -0.4 is 10.2 Å². The van der Waals surface area contributed by atoms with E-state index in [4.69, 9.17) is 0 Å². The summed E-state index contributed by atoms with van der Waals surface area (Å²) in [5.74, 6) is 0.311. The van der Waals surface area contributed by atoms with Crippen LogP contribution in [0, 0.1) is 5.92 Å². The topological polar surface area (TPSA) is 62.3 Å². The largest absolute Gasteiger partial charge is 0.312 e. The summed E-state index contributed by atoms with van der Waals surface area (Å²) < 4.78 is 0. The summed E-state index contributed by atoms with van der Waals surface area (Å²) in [6.07, 6.45) is 2.86. The highest BCUT2D eigenvalue weighted by Crippen LogP contribution is 2.35. The molecule has 1 aliphatic heterocycles. The van der Waals surface area contributed by atoms with E-state index < -0.39 is 0 Å². The highest BCUT2D eigenvalue weighted by Gasteiger charge is 2.30. The van der Waals surface area contributed by atoms with Crippen LogP contribution in [0.2, 0.25) is 0 Å². The summed E-state index contributed by atoms with van der Waals surface area (Å²) in [6, 6.07) is 6.12. The van der Waals surface area contributed by atoms with Gasteiger partial charge in [0.05, 0.1) is 5.69 Å². The van der Waals surface area contributed by atoms with Crippen LogP contribution in [-0.4, -0.2) is 23.3 Å². The lowest BCUT2D eigenvalue weighted by molar-refractivity contribution is -0.117. The fourth-order valence-electron chi connectivity index (χ4n) is 2.88. The molecule has 1 fully saturated rings. The minimum Gasteiger partial charge on any atom is -0.312 e. The molecule has 2 amide bonds. The Labute approximate surface area is 138 Å². The fourth-order valence-corrected chi connectivity index (χ4v) is 3.60. The second-order valence-electron chi connectivity index (χ2n) is 6.07. The molecule has 0 spiro atoms. The quantitative estimate of drug-likeness (QED) is 0.942. The molecule has 1 aromatic heterocycles. The molecule has 0 bridgehead atoms. The number of carbonyl (C=O) groups is 2. The van der Waals surface area contributed by atoms with E-state index in [0.717, 1.165) is 42.8 Å². The number of benzene rings is 1. The number of rotatable bonds is 3. The van der Waals surface area contributed by atoms with Crippen molar-refractivity contribution in [2.75, 3.05) is 16.8 Å². The molecule has 0 unspecified atom stereocenters. The average Bonchev–Trinajstić information content (AvgIpc) is 3.14. The molecule has 2 aromatic rings. The highest BCUT2D eigenvalue weighted by molar-refractivity contribution is 7.14. The Hall–Kier alpha value is -2.21. The van der Waals surface area contributed by atoms with Gasteiger partial charge in [0.15, 0.2) is 5.13 Å². The number of hydrogen-bond donors (Lipinski definition) is 1. The van der Waals surface area contributed by atoms with Gasteiger partial charge in [-0.2, -0.15) is 0 Å². The van der Waals surface area contributed by atoms with E-state index in [1.807, 2.05) is 17.5 Å². The average molecular weight is 327 g/mol. The second kappa shape index (κ2) is 5.45. The van der Waals surface area contributed by atoms with Crippen molar-refractivity contribution in [2.45, 2.75) is 26.2 Å². The Morgan fingerprint density at radius 3 is 2.91 bits per heavy atom. The third-order valence-electron chi connectivity index (χ3n) is 4.34. The van der Waals surface area contributed by atoms with Gasteiger partial charge in [-0.1, -0.05) is 12.1 Å². The lowest BCUT2D eigenvalue weighted by Gasteiger charge is -2.15. The zero-order valence-corrected chi connectivity index (χ0v) is 13.7. The van der Waals surface area contributed by atoms with E-state index in [9.17, 15) is 9.59 Å². The molecule has 1 aliphatic carbocycles. The standard InChI is InChI=1S/C17H17N3O2S/c1-10(21)20-7-6-11-2-5-13(8-15(11)20)14-9-23-17(18-14)19-16(22)12-3-4-12/h2,5,8-9,12H,3-4,6-7H2,1H3,(H,18,19,22). The van der Waals surface area contributed by atoms with Gasteiger partial charge in [0.2, 0.25) is 11.8 Å². The molecule has 0 atom stereocenters. The van der Waals surface area contributed by atoms with E-state index in [0.29, 0.717) is 5.13 Å². The molecule has 4 rings (SSSR count). The first kappa shape index (κ1) is 14.4. The van der Waals surface area contributed by atoms with E-state index in [1.54, 1.807) is 11.8 Å². The van der Waals surface area contributed by atoms with Gasteiger partial charge in [0.25, 0.3) is 0 Å². The van der Waals surface area contributed by atoms with Crippen LogP contribution in [-0.2, 0) is 16.0 Å². The van der Waals surface area contributed by atoms with Gasteiger partial charge in [-0.3, -0.25) is 9.59 Å². The monoisotopic (exact) mass is 327 g/mol. The predicted octanol–water partition coefficient (Wildman–Crippen LogP) is 3.07. The molecule has 1 N–H and O–H groups in total. The number of anilines is 2. The molecule has 6 heteroatoms. The number of nitrogens with one attached hydrogen (secondary N) is 1. The minimum absolute atomic E-state index is 0.0663. The third kappa shape index (κ3) is 2.74. The summed E-state index contributed by atoms with van der Waals surface area (Å²) in [5, 5.41) is 5.46. The number of thiazole rings is 1. The van der Waals surface area contributed by atoms with E-state index in [1.165, 1.54) is 16.9 Å². The maximum Gasteiger partial charge on any atom is 0.229 e. The van der Waals surface area contributed by atoms with Crippen LogP contribution in [0.5, 0.6) is 0 Å². The number of hydrogen-bond acceptors (Lipinski definition) is 4. The minimum atomic E-state index is 0.0663. The molecule has 2 heterocycles. The lowest BCUT2D eigenvalue weighted by atomic mass is 10.1. The van der Waals surface area contributed by atoms with E-state index >= 15 is 0 Å². The molecule has 1 aromatic carbocycles. The van der Waals surface area contributed by atoms with Crippen molar-refractivity contribution in [3.8, 4) is 11.3 Å². The smallest absolute Gasteiger partial charge is 0.229 e. The Bertz CT molecular complexity index is 795. The van der Waals surface area contributed by atoms with Gasteiger partial charge >= 0.3 is 0 Å². The van der Waals surface area contributed by atoms with E-state index in [2.05, 4.69) is 16.4 Å². The van der Waals surface area contributed by atoms with Crippen LogP contribution in [0.3, 0.4) is 0 Å². The number of amides is 2. The summed E-state index contributed by atoms with van der Waals surface area (Å²) >= 11 is 1.43. The first-order chi connectivity index (χ1) is 11.1. The Balaban J connectivity index is 1.59. The van der Waals surface area contributed by atoms with Crippen molar-refractivity contribution < 1.29 is 9.59 Å². The molecule has 5 nitrogen and oxygen atoms in total. The van der Waals surface area contributed by atoms with Gasteiger partial charge in [0.1, 0.15) is 0 Å². The summed E-state index contributed by atoms with van der Waals surface area (Å²) in [7, 11) is 0. The predicted molar refractivity (Wildman–Crippen MR) is 90.6 cm³/mol. The molecule has 23 heavy (non-hydrogen) atoms. The third-order valence-corrected chi connectivity index (χ3v) is 5.10. The highest BCUT2D eigenvalue weighted by atomic mass is 32.1. The zero-order chi connectivity index (χ0) is 16.0. The van der Waals surface area contributed by atoms with E-state index in [-0.39, 0.29) is 17.7 Å². The van der Waals surface area contributed by atoms with Crippen molar-refractivity contribution in [1.29, 1.82) is 0 Å². The van der Waals surface area contributed by atoms with Crippen molar-refractivity contribution in [2.24, 2.45) is 5.92 Å². The van der Waals surface area contributed by atoms with Gasteiger partial charge in [-0.15, -0.1) is 11.3 Å². The number of fused-ring (bicyclic) bond motifs is 1. The molecule has 118 valence electrons. The maximum atomic E-state index is 11.8. The summed E-state index contributed by atoms with van der Waals surface area (Å²) in [4.78, 5) is 29.8. The van der Waals surface area contributed by atoms with Crippen LogP contribution in [0.4, 0.5) is 10.8 Å². The fraction of sp³-hybridized carbons (Fsp3) is 0.353. The Kier molecular flexibility index (Phi) is 3.41. The zero-order valence-electron chi connectivity index (χ0n) is 12.8. The van der Waals surface area contributed by atoms with Gasteiger partial charge in [-0.05, 0) is 30.9 Å². The normalized spacial score (nSPS) is 16.3. The van der Waals surface area contributed by atoms with Crippen molar-refractivity contribution >= 4 is 34.0 Å². The molecule has 0 radical (unpaired) electrons. The van der Waals surface area contributed by atoms with Gasteiger partial charge < -0.3 is 10.2 Å². The van der Waals surface area contributed by atoms with Gasteiger partial charge in [0, 0.05) is 36.0 Å². The maximum absolute atomic E-state index is 11.8. The first-order valence-electron chi connectivity index (χ1n) is 7.79. The molecule has 0 saturated heterocycles. The SMILES string of the molecule is CC(=O)N1CCc2ccc(-c3csc(NC(=O)C4CC4)n3)cc21. The Morgan fingerprint density at radius 2 is 2.17 bits per heavy atom. The number of carbonyl (C=O) groups excluding carboxylic acids is 2. The van der Waals surface area contributed by atoms with Crippen molar-refractivity contribution in [1.82, 2.24) is 4.98 Å². The summed E-state index contributed by atoms with van der Waals surface area (Å²) in [6.45, 7) is 2.34.